The summed E-state index contributed by atoms with van der Waals surface area (Å²) in [5.74, 6) is 0.855. The molecule has 0 radical (unpaired) electrons. The lowest BCUT2D eigenvalue weighted by Gasteiger charge is -2.43. The molecule has 4 nitrogen and oxygen atoms in total. The van der Waals surface area contributed by atoms with Crippen molar-refractivity contribution in [1.29, 1.82) is 0 Å². The molecule has 0 amide bonds. The van der Waals surface area contributed by atoms with E-state index in [0.717, 1.165) is 23.0 Å². The Bertz CT molecular complexity index is 1010. The van der Waals surface area contributed by atoms with Crippen molar-refractivity contribution in [2.45, 2.75) is 66.6 Å². The maximum atomic E-state index is 9.75. The Balaban J connectivity index is 0.000000658. The molecule has 0 bridgehead atoms. The fourth-order valence-corrected chi connectivity index (χ4v) is 4.11. The number of carbonyl (C=O) groups excluding carboxylic acids is 1. The molecule has 0 N–H and O–H groups in total. The van der Waals surface area contributed by atoms with Crippen LogP contribution in [-0.2, 0) is 14.0 Å². The Hall–Kier alpha value is -2.29. The fourth-order valence-electron chi connectivity index (χ4n) is 4.11. The second kappa shape index (κ2) is 10.6. The van der Waals surface area contributed by atoms with Crippen molar-refractivity contribution in [1.82, 2.24) is 0 Å². The molecule has 2 aromatic carbocycles. The van der Waals surface area contributed by atoms with Crippen molar-refractivity contribution >= 4 is 20.0 Å². The first-order chi connectivity index (χ1) is 16.6. The molecule has 4 rings (SSSR count). The molecule has 0 saturated carbocycles. The van der Waals surface area contributed by atoms with Gasteiger partial charge < -0.3 is 30.9 Å². The summed E-state index contributed by atoms with van der Waals surface area (Å²) >= 11 is 0. The number of benzene rings is 2. The fraction of sp³-hybridized carbons (Fsp3) is 0.462. The van der Waals surface area contributed by atoms with Gasteiger partial charge in [-0.15, -0.1) is 0 Å². The van der Waals surface area contributed by atoms with Gasteiger partial charge in [-0.2, -0.15) is 0 Å². The Morgan fingerprint density at radius 2 is 1.39 bits per heavy atom. The lowest BCUT2D eigenvalue weighted by atomic mass is 9.78. The summed E-state index contributed by atoms with van der Waals surface area (Å²) in [6.07, 6.45) is 1.98. The van der Waals surface area contributed by atoms with Crippen LogP contribution >= 0.6 is 0 Å². The van der Waals surface area contributed by atoms with Crippen LogP contribution in [0.4, 0.5) is 17.3 Å². The summed E-state index contributed by atoms with van der Waals surface area (Å²) in [7, 11) is -6.00. The molecule has 1 saturated heterocycles. The lowest BCUT2D eigenvalue weighted by molar-refractivity contribution is -0.289. The number of ketones is 1. The minimum Gasteiger partial charge on any atom is -0.459 e. The summed E-state index contributed by atoms with van der Waals surface area (Å²) < 4.78 is 65.1. The zero-order valence-corrected chi connectivity index (χ0v) is 21.6. The van der Waals surface area contributed by atoms with Gasteiger partial charge >= 0.3 is 14.2 Å². The van der Waals surface area contributed by atoms with Gasteiger partial charge in [0.25, 0.3) is 5.78 Å². The Labute approximate surface area is 211 Å². The molecule has 1 spiro atoms. The molecule has 2 aliphatic heterocycles. The van der Waals surface area contributed by atoms with Gasteiger partial charge in [-0.05, 0) is 43.9 Å². The molecule has 3 atom stereocenters. The standard InChI is InChI=1S/C26H34BO4.BF4/c1-25(2,3)23-17-21(19-13-9-7-10-14-19)28-27(30-23)29-22(20-15-11-8-12-16-20)18-24(31-27)26(4,5)6;2-1(3,4)5/h7-16,21,24H,17-18H2,1-6H3;/q+1;-1. The minimum atomic E-state index is -6.00. The maximum Gasteiger partial charge on any atom is 0.895 e. The third kappa shape index (κ3) is 7.85. The van der Waals surface area contributed by atoms with E-state index < -0.39 is 14.2 Å². The number of hydrogen-bond acceptors (Lipinski definition) is 3. The highest BCUT2D eigenvalue weighted by atomic mass is 19.5. The van der Waals surface area contributed by atoms with Crippen LogP contribution in [0.2, 0.25) is 0 Å². The zero-order valence-electron chi connectivity index (χ0n) is 21.6. The molecule has 196 valence electrons. The van der Waals surface area contributed by atoms with Crippen molar-refractivity contribution in [3.05, 3.63) is 77.9 Å². The average molecular weight is 508 g/mol. The van der Waals surface area contributed by atoms with Crippen LogP contribution in [-0.4, -0.2) is 26.1 Å². The van der Waals surface area contributed by atoms with E-state index in [1.165, 1.54) is 0 Å². The van der Waals surface area contributed by atoms with Crippen molar-refractivity contribution in [3.63, 3.8) is 0 Å². The molecule has 1 fully saturated rings. The predicted octanol–water partition coefficient (Wildman–Crippen LogP) is 7.73. The van der Waals surface area contributed by atoms with Crippen LogP contribution < -0.4 is 0 Å². The van der Waals surface area contributed by atoms with E-state index in [0.29, 0.717) is 12.8 Å². The summed E-state index contributed by atoms with van der Waals surface area (Å²) in [5.41, 5.74) is 1.86. The Morgan fingerprint density at radius 3 is 1.89 bits per heavy atom. The second-order valence-electron chi connectivity index (χ2n) is 11.2. The van der Waals surface area contributed by atoms with Crippen molar-refractivity contribution in [2.75, 3.05) is 0 Å². The molecule has 36 heavy (non-hydrogen) atoms. The van der Waals surface area contributed by atoms with Gasteiger partial charge in [-0.3, -0.25) is 0 Å². The van der Waals surface area contributed by atoms with E-state index >= 15 is 0 Å². The zero-order chi connectivity index (χ0) is 26.8. The molecular formula is C26H34B2F4O4. The van der Waals surface area contributed by atoms with Crippen LogP contribution in [0.3, 0.4) is 0 Å². The van der Waals surface area contributed by atoms with Crippen LogP contribution in [0.1, 0.15) is 76.0 Å². The number of halogens is 4. The maximum absolute atomic E-state index is 9.75. The third-order valence-electron chi connectivity index (χ3n) is 6.05. The molecule has 0 aliphatic carbocycles. The van der Waals surface area contributed by atoms with Crippen LogP contribution in [0.25, 0.3) is 0 Å². The summed E-state index contributed by atoms with van der Waals surface area (Å²) in [5, 5.41) is 0. The smallest absolute Gasteiger partial charge is 0.459 e. The summed E-state index contributed by atoms with van der Waals surface area (Å²) in [6.45, 7) is 10.6. The molecule has 0 aromatic heterocycles. The average Bonchev–Trinajstić information content (AvgIpc) is 2.77. The normalized spacial score (nSPS) is 25.2. The van der Waals surface area contributed by atoms with Gasteiger partial charge in [-0.1, -0.05) is 69.3 Å². The molecule has 2 aliphatic rings. The van der Waals surface area contributed by atoms with Crippen LogP contribution in [0.15, 0.2) is 60.7 Å². The van der Waals surface area contributed by atoms with Crippen molar-refractivity contribution in [2.24, 2.45) is 10.8 Å². The van der Waals surface area contributed by atoms with Gasteiger partial charge in [0.2, 0.25) is 6.10 Å². The predicted molar refractivity (Wildman–Crippen MR) is 134 cm³/mol. The first kappa shape index (κ1) is 28.3. The van der Waals surface area contributed by atoms with E-state index in [2.05, 4.69) is 65.8 Å². The van der Waals surface area contributed by atoms with E-state index in [9.17, 15) is 17.3 Å². The largest absolute Gasteiger partial charge is 0.895 e. The Kier molecular flexibility index (Phi) is 8.33. The molecule has 3 unspecified atom stereocenters. The first-order valence-electron chi connectivity index (χ1n) is 12.1. The quantitative estimate of drug-likeness (QED) is 0.180. The highest BCUT2D eigenvalue weighted by molar-refractivity contribution is 6.53. The highest BCUT2D eigenvalue weighted by Crippen LogP contribution is 2.48. The van der Waals surface area contributed by atoms with E-state index in [4.69, 9.17) is 18.3 Å². The van der Waals surface area contributed by atoms with Crippen LogP contribution in [0, 0.1) is 16.9 Å². The molecule has 2 aromatic rings. The molecule has 10 heteroatoms. The summed E-state index contributed by atoms with van der Waals surface area (Å²) in [4.78, 5) is 0. The molecular weight excluding hydrogens is 474 g/mol. The highest BCUT2D eigenvalue weighted by Gasteiger charge is 2.68. The monoisotopic (exact) mass is 508 g/mol. The van der Waals surface area contributed by atoms with E-state index in [1.54, 1.807) is 0 Å². The topological polar surface area (TPSA) is 39.0 Å². The van der Waals surface area contributed by atoms with Gasteiger partial charge in [0.1, 0.15) is 11.8 Å². The Morgan fingerprint density at radius 1 is 0.861 bits per heavy atom. The van der Waals surface area contributed by atoms with E-state index in [-0.39, 0.29) is 23.0 Å². The number of rotatable bonds is 2. The van der Waals surface area contributed by atoms with Gasteiger partial charge in [0, 0.05) is 6.10 Å². The lowest BCUT2D eigenvalue weighted by Crippen LogP contribution is -2.58. The summed E-state index contributed by atoms with van der Waals surface area (Å²) in [6, 6.07) is 20.5. The molecule has 2 heterocycles. The minimum absolute atomic E-state index is 0.104. The van der Waals surface area contributed by atoms with Gasteiger partial charge in [-0.25, -0.2) is 4.65 Å². The first-order valence-corrected chi connectivity index (χ1v) is 12.1. The second-order valence-corrected chi connectivity index (χ2v) is 11.2. The van der Waals surface area contributed by atoms with Crippen molar-refractivity contribution < 1.29 is 35.6 Å². The van der Waals surface area contributed by atoms with Crippen LogP contribution in [0.5, 0.6) is 0 Å². The third-order valence-corrected chi connectivity index (χ3v) is 6.05. The van der Waals surface area contributed by atoms with Gasteiger partial charge in [0.15, 0.2) is 0 Å². The van der Waals surface area contributed by atoms with Gasteiger partial charge in [0.05, 0.1) is 18.1 Å². The van der Waals surface area contributed by atoms with E-state index in [1.807, 2.05) is 36.4 Å². The SMILES string of the molecule is CC(C)(C)[C+]1CC(c2ccccc2)O[B-]2(O1)OC(C(C)(C)C)CC(c1ccccc1)=[O+]2.F[B-](F)(F)F. The van der Waals surface area contributed by atoms with Crippen molar-refractivity contribution in [3.8, 4) is 0 Å². The number of hydrogen-bond donors (Lipinski definition) is 0.